The van der Waals surface area contributed by atoms with Gasteiger partial charge in [-0.15, -0.1) is 10.2 Å². The summed E-state index contributed by atoms with van der Waals surface area (Å²) >= 11 is 0. The summed E-state index contributed by atoms with van der Waals surface area (Å²) in [7, 11) is 1.62. The normalized spacial score (nSPS) is 18.1. The van der Waals surface area contributed by atoms with Crippen LogP contribution in [0.15, 0.2) is 36.4 Å². The average molecular weight is 396 g/mol. The van der Waals surface area contributed by atoms with Crippen LogP contribution in [-0.2, 0) is 0 Å². The molecule has 2 aliphatic rings. The number of piperazine rings is 1. The molecule has 0 aliphatic carbocycles. The van der Waals surface area contributed by atoms with Crippen LogP contribution in [0.25, 0.3) is 0 Å². The molecule has 3 heterocycles. The second-order valence-corrected chi connectivity index (χ2v) is 7.93. The van der Waals surface area contributed by atoms with Crippen molar-refractivity contribution in [2.75, 3.05) is 56.2 Å². The molecule has 7 heteroatoms. The third-order valence-corrected chi connectivity index (χ3v) is 5.97. The zero-order valence-corrected chi connectivity index (χ0v) is 17.3. The Bertz CT molecular complexity index is 808. The van der Waals surface area contributed by atoms with E-state index in [0.29, 0.717) is 18.7 Å². The van der Waals surface area contributed by atoms with E-state index in [1.807, 2.05) is 29.2 Å². The predicted octanol–water partition coefficient (Wildman–Crippen LogP) is 2.68. The lowest BCUT2D eigenvalue weighted by atomic mass is 9.99. The third-order valence-electron chi connectivity index (χ3n) is 5.97. The molecule has 0 unspecified atom stereocenters. The first-order valence-electron chi connectivity index (χ1n) is 10.4. The van der Waals surface area contributed by atoms with E-state index in [9.17, 15) is 4.79 Å². The molecule has 2 aromatic rings. The monoisotopic (exact) mass is 395 g/mol. The van der Waals surface area contributed by atoms with Crippen LogP contribution in [0, 0.1) is 5.92 Å². The highest BCUT2D eigenvalue weighted by molar-refractivity contribution is 5.94. The van der Waals surface area contributed by atoms with Gasteiger partial charge in [-0.3, -0.25) is 4.79 Å². The largest absolute Gasteiger partial charge is 0.497 e. The van der Waals surface area contributed by atoms with Gasteiger partial charge in [0.05, 0.1) is 7.11 Å². The Morgan fingerprint density at radius 1 is 0.862 bits per heavy atom. The minimum Gasteiger partial charge on any atom is -0.497 e. The number of methoxy groups -OCH3 is 1. The molecule has 29 heavy (non-hydrogen) atoms. The quantitative estimate of drug-likeness (QED) is 0.793. The van der Waals surface area contributed by atoms with E-state index in [0.717, 1.165) is 49.5 Å². The summed E-state index contributed by atoms with van der Waals surface area (Å²) < 4.78 is 5.16. The molecule has 1 amide bonds. The highest BCUT2D eigenvalue weighted by Gasteiger charge is 2.24. The lowest BCUT2D eigenvalue weighted by Crippen LogP contribution is -2.49. The molecule has 0 bridgehead atoms. The van der Waals surface area contributed by atoms with Crippen LogP contribution in [0.5, 0.6) is 5.75 Å². The molecule has 0 spiro atoms. The summed E-state index contributed by atoms with van der Waals surface area (Å²) in [4.78, 5) is 19.1. The van der Waals surface area contributed by atoms with E-state index in [-0.39, 0.29) is 5.91 Å². The Hall–Kier alpha value is -2.83. The predicted molar refractivity (Wildman–Crippen MR) is 114 cm³/mol. The number of nitrogens with zero attached hydrogens (tertiary/aromatic N) is 5. The van der Waals surface area contributed by atoms with Crippen molar-refractivity contribution in [3.8, 4) is 5.75 Å². The molecule has 1 aromatic heterocycles. The standard InChI is InChI=1S/C22H29N5O2/c1-17-9-11-25(12-10-17)20-7-8-21(24-23-20)26-13-15-27(16-14-26)22(28)18-3-5-19(29-2)6-4-18/h3-8,17H,9-16H2,1-2H3. The first-order chi connectivity index (χ1) is 14.1. The summed E-state index contributed by atoms with van der Waals surface area (Å²) in [5, 5.41) is 8.92. The Morgan fingerprint density at radius 3 is 1.93 bits per heavy atom. The van der Waals surface area contributed by atoms with Gasteiger partial charge in [0.15, 0.2) is 11.6 Å². The van der Waals surface area contributed by atoms with Gasteiger partial charge in [0, 0.05) is 44.8 Å². The number of anilines is 2. The molecular weight excluding hydrogens is 366 g/mol. The zero-order valence-electron chi connectivity index (χ0n) is 17.3. The molecule has 7 nitrogen and oxygen atoms in total. The van der Waals surface area contributed by atoms with Crippen LogP contribution in [-0.4, -0.2) is 67.4 Å². The van der Waals surface area contributed by atoms with Gasteiger partial charge in [-0.25, -0.2) is 0 Å². The summed E-state index contributed by atoms with van der Waals surface area (Å²) in [6, 6.07) is 11.4. The fourth-order valence-electron chi connectivity index (χ4n) is 3.95. The molecule has 2 aliphatic heterocycles. The molecule has 2 fully saturated rings. The van der Waals surface area contributed by atoms with Gasteiger partial charge >= 0.3 is 0 Å². The smallest absolute Gasteiger partial charge is 0.253 e. The van der Waals surface area contributed by atoms with Crippen molar-refractivity contribution in [1.29, 1.82) is 0 Å². The molecule has 1 aromatic carbocycles. The maximum atomic E-state index is 12.7. The van der Waals surface area contributed by atoms with Crippen LogP contribution >= 0.6 is 0 Å². The molecule has 0 saturated carbocycles. The van der Waals surface area contributed by atoms with Crippen molar-refractivity contribution >= 4 is 17.5 Å². The van der Waals surface area contributed by atoms with Crippen LogP contribution in [0.4, 0.5) is 11.6 Å². The molecule has 0 radical (unpaired) electrons. The summed E-state index contributed by atoms with van der Waals surface area (Å²) in [5.74, 6) is 3.47. The molecule has 2 saturated heterocycles. The maximum Gasteiger partial charge on any atom is 0.253 e. The van der Waals surface area contributed by atoms with Crippen LogP contribution in [0.1, 0.15) is 30.1 Å². The molecule has 0 atom stereocenters. The second kappa shape index (κ2) is 8.68. The number of carbonyl (C=O) groups excluding carboxylic acids is 1. The Labute approximate surface area is 172 Å². The van der Waals surface area contributed by atoms with E-state index in [1.54, 1.807) is 7.11 Å². The molecule has 154 valence electrons. The topological polar surface area (TPSA) is 61.8 Å². The number of benzene rings is 1. The number of amides is 1. The van der Waals surface area contributed by atoms with Crippen molar-refractivity contribution in [1.82, 2.24) is 15.1 Å². The lowest BCUT2D eigenvalue weighted by molar-refractivity contribution is 0.0746. The fraction of sp³-hybridized carbons (Fsp3) is 0.500. The van der Waals surface area contributed by atoms with Crippen LogP contribution in [0.3, 0.4) is 0 Å². The number of piperidine rings is 1. The average Bonchev–Trinajstić information content (AvgIpc) is 2.79. The van der Waals surface area contributed by atoms with Crippen molar-refractivity contribution in [3.63, 3.8) is 0 Å². The maximum absolute atomic E-state index is 12.7. The van der Waals surface area contributed by atoms with Crippen molar-refractivity contribution in [2.45, 2.75) is 19.8 Å². The van der Waals surface area contributed by atoms with E-state index in [1.165, 1.54) is 12.8 Å². The van der Waals surface area contributed by atoms with Crippen molar-refractivity contribution in [2.24, 2.45) is 5.92 Å². The number of hydrogen-bond donors (Lipinski definition) is 0. The summed E-state index contributed by atoms with van der Waals surface area (Å²) in [5.41, 5.74) is 0.694. The Morgan fingerprint density at radius 2 is 1.41 bits per heavy atom. The van der Waals surface area contributed by atoms with E-state index >= 15 is 0 Å². The minimum absolute atomic E-state index is 0.0630. The highest BCUT2D eigenvalue weighted by atomic mass is 16.5. The third kappa shape index (κ3) is 4.44. The molecular formula is C22H29N5O2. The lowest BCUT2D eigenvalue weighted by Gasteiger charge is -2.35. The highest BCUT2D eigenvalue weighted by Crippen LogP contribution is 2.22. The summed E-state index contributed by atoms with van der Waals surface area (Å²) in [6.45, 7) is 7.30. The number of aromatic nitrogens is 2. The number of rotatable bonds is 4. The van der Waals surface area contributed by atoms with Crippen molar-refractivity contribution < 1.29 is 9.53 Å². The minimum atomic E-state index is 0.0630. The number of ether oxygens (including phenoxy) is 1. The van der Waals surface area contributed by atoms with E-state index in [2.05, 4.69) is 39.1 Å². The van der Waals surface area contributed by atoms with Crippen molar-refractivity contribution in [3.05, 3.63) is 42.0 Å². The van der Waals surface area contributed by atoms with Gasteiger partial charge in [0.1, 0.15) is 5.75 Å². The van der Waals surface area contributed by atoms with E-state index < -0.39 is 0 Å². The van der Waals surface area contributed by atoms with Gasteiger partial charge in [-0.2, -0.15) is 0 Å². The molecule has 0 N–H and O–H groups in total. The molecule has 4 rings (SSSR count). The van der Waals surface area contributed by atoms with Gasteiger partial charge in [0.2, 0.25) is 0 Å². The SMILES string of the molecule is COc1ccc(C(=O)N2CCN(c3ccc(N4CCC(C)CC4)nn3)CC2)cc1. The Kier molecular flexibility index (Phi) is 5.83. The van der Waals surface area contributed by atoms with Gasteiger partial charge in [-0.05, 0) is 55.2 Å². The van der Waals surface area contributed by atoms with Gasteiger partial charge in [-0.1, -0.05) is 6.92 Å². The fourth-order valence-corrected chi connectivity index (χ4v) is 3.95. The summed E-state index contributed by atoms with van der Waals surface area (Å²) in [6.07, 6.45) is 2.43. The number of hydrogen-bond acceptors (Lipinski definition) is 6. The zero-order chi connectivity index (χ0) is 20.2. The van der Waals surface area contributed by atoms with Crippen LogP contribution in [0.2, 0.25) is 0 Å². The van der Waals surface area contributed by atoms with Gasteiger partial charge < -0.3 is 19.4 Å². The first-order valence-corrected chi connectivity index (χ1v) is 10.4. The Balaban J connectivity index is 1.32. The van der Waals surface area contributed by atoms with E-state index in [4.69, 9.17) is 4.74 Å². The number of carbonyl (C=O) groups is 1. The van der Waals surface area contributed by atoms with Gasteiger partial charge in [0.25, 0.3) is 5.91 Å². The van der Waals surface area contributed by atoms with Crippen LogP contribution < -0.4 is 14.5 Å². The first kappa shape index (κ1) is 19.5. The second-order valence-electron chi connectivity index (χ2n) is 7.93.